The van der Waals surface area contributed by atoms with E-state index in [-0.39, 0.29) is 5.02 Å². The molecule has 0 unspecified atom stereocenters. The zero-order chi connectivity index (χ0) is 19.1. The molecule has 0 aliphatic heterocycles. The van der Waals surface area contributed by atoms with E-state index in [0.29, 0.717) is 16.6 Å². The van der Waals surface area contributed by atoms with Crippen LogP contribution in [0.15, 0.2) is 48.5 Å². The van der Waals surface area contributed by atoms with E-state index < -0.39 is 18.5 Å². The van der Waals surface area contributed by atoms with Crippen LogP contribution in [0.3, 0.4) is 0 Å². The molecule has 0 aromatic heterocycles. The predicted octanol–water partition coefficient (Wildman–Crippen LogP) is 5.31. The van der Waals surface area contributed by atoms with Gasteiger partial charge in [-0.05, 0) is 35.3 Å². The summed E-state index contributed by atoms with van der Waals surface area (Å²) < 4.78 is 4.92. The number of carbonyl (C=O) groups excluding carboxylic acids is 2. The van der Waals surface area contributed by atoms with Crippen molar-refractivity contribution in [1.82, 2.24) is 0 Å². The first-order chi connectivity index (χ1) is 12.4. The maximum atomic E-state index is 11.8. The fourth-order valence-electron chi connectivity index (χ4n) is 2.13. The Bertz CT molecular complexity index is 814. The molecule has 0 saturated heterocycles. The van der Waals surface area contributed by atoms with Crippen molar-refractivity contribution in [3.05, 3.63) is 69.7 Å². The highest BCUT2D eigenvalue weighted by Gasteiger charge is 2.10. The van der Waals surface area contributed by atoms with Crippen molar-refractivity contribution >= 4 is 46.8 Å². The molecule has 0 fully saturated rings. The van der Waals surface area contributed by atoms with Gasteiger partial charge in [-0.3, -0.25) is 4.79 Å². The summed E-state index contributed by atoms with van der Waals surface area (Å²) in [5, 5.41) is 3.10. The minimum atomic E-state index is -0.606. The largest absolute Gasteiger partial charge is 0.452 e. The lowest BCUT2D eigenvalue weighted by atomic mass is 10.0. The summed E-state index contributed by atoms with van der Waals surface area (Å²) in [4.78, 5) is 23.6. The molecule has 26 heavy (non-hydrogen) atoms. The fraction of sp³-hybridized carbons (Fsp3) is 0.200. The average molecular weight is 392 g/mol. The molecule has 0 aliphatic carbocycles. The summed E-state index contributed by atoms with van der Waals surface area (Å²) in [6.07, 6.45) is 2.92. The first-order valence-corrected chi connectivity index (χ1v) is 8.81. The Kier molecular flexibility index (Phi) is 7.25. The molecule has 136 valence electrons. The molecule has 0 radical (unpaired) electrons. The quantitative estimate of drug-likeness (QED) is 0.535. The highest BCUT2D eigenvalue weighted by Crippen LogP contribution is 2.29. The first kappa shape index (κ1) is 20.0. The fourth-order valence-corrected chi connectivity index (χ4v) is 2.48. The van der Waals surface area contributed by atoms with Crippen LogP contribution in [0.5, 0.6) is 0 Å². The van der Waals surface area contributed by atoms with E-state index in [1.807, 2.05) is 24.3 Å². The number of nitrogens with one attached hydrogen (secondary N) is 1. The Morgan fingerprint density at radius 1 is 1.12 bits per heavy atom. The molecule has 0 saturated carbocycles. The molecule has 0 bridgehead atoms. The average Bonchev–Trinajstić information content (AvgIpc) is 2.62. The molecular formula is C20H19Cl2NO3. The standard InChI is InChI=1S/C20H19Cl2NO3/c1-13(2)15-9-6-14(7-10-15)8-11-19(25)26-12-18(24)23-17-5-3-4-16(21)20(17)22/h3-11,13H,12H2,1-2H3,(H,23,24). The van der Waals surface area contributed by atoms with Crippen molar-refractivity contribution in [3.8, 4) is 0 Å². The van der Waals surface area contributed by atoms with Crippen LogP contribution in [0.2, 0.25) is 10.0 Å². The first-order valence-electron chi connectivity index (χ1n) is 8.05. The number of ether oxygens (including phenoxy) is 1. The Labute approximate surface area is 162 Å². The third-order valence-electron chi connectivity index (χ3n) is 3.59. The third-order valence-corrected chi connectivity index (χ3v) is 4.41. The number of hydrogen-bond acceptors (Lipinski definition) is 3. The van der Waals surface area contributed by atoms with Crippen LogP contribution in [0.1, 0.15) is 30.9 Å². The van der Waals surface area contributed by atoms with Gasteiger partial charge < -0.3 is 10.1 Å². The molecule has 6 heteroatoms. The van der Waals surface area contributed by atoms with Crippen LogP contribution in [-0.2, 0) is 14.3 Å². The van der Waals surface area contributed by atoms with E-state index in [1.54, 1.807) is 24.3 Å². The van der Waals surface area contributed by atoms with Crippen LogP contribution >= 0.6 is 23.2 Å². The molecule has 0 spiro atoms. The zero-order valence-corrected chi connectivity index (χ0v) is 16.0. The van der Waals surface area contributed by atoms with Crippen LogP contribution in [0.25, 0.3) is 6.08 Å². The van der Waals surface area contributed by atoms with Gasteiger partial charge in [0.15, 0.2) is 6.61 Å². The number of halogens is 2. The topological polar surface area (TPSA) is 55.4 Å². The van der Waals surface area contributed by atoms with Crippen molar-refractivity contribution in [2.45, 2.75) is 19.8 Å². The number of carbonyl (C=O) groups is 2. The summed E-state index contributed by atoms with van der Waals surface area (Å²) in [7, 11) is 0. The van der Waals surface area contributed by atoms with Gasteiger partial charge in [-0.25, -0.2) is 4.79 Å². The van der Waals surface area contributed by atoms with Gasteiger partial charge in [0.25, 0.3) is 5.91 Å². The normalized spacial score (nSPS) is 11.0. The van der Waals surface area contributed by atoms with E-state index in [1.165, 1.54) is 11.6 Å². The van der Waals surface area contributed by atoms with Gasteiger partial charge in [0.05, 0.1) is 15.7 Å². The highest BCUT2D eigenvalue weighted by atomic mass is 35.5. The van der Waals surface area contributed by atoms with Crippen molar-refractivity contribution in [1.29, 1.82) is 0 Å². The van der Waals surface area contributed by atoms with E-state index >= 15 is 0 Å². The minimum Gasteiger partial charge on any atom is -0.452 e. The molecule has 0 atom stereocenters. The van der Waals surface area contributed by atoms with Crippen LogP contribution < -0.4 is 5.32 Å². The second kappa shape index (κ2) is 9.41. The molecule has 0 heterocycles. The van der Waals surface area contributed by atoms with Crippen molar-refractivity contribution in [2.24, 2.45) is 0 Å². The Morgan fingerprint density at radius 2 is 1.81 bits per heavy atom. The lowest BCUT2D eigenvalue weighted by Gasteiger charge is -2.08. The molecule has 2 aromatic rings. The van der Waals surface area contributed by atoms with Crippen LogP contribution in [-0.4, -0.2) is 18.5 Å². The van der Waals surface area contributed by atoms with Gasteiger partial charge >= 0.3 is 5.97 Å². The van der Waals surface area contributed by atoms with Gasteiger partial charge in [-0.1, -0.05) is 67.4 Å². The minimum absolute atomic E-state index is 0.235. The van der Waals surface area contributed by atoms with Crippen molar-refractivity contribution < 1.29 is 14.3 Å². The van der Waals surface area contributed by atoms with Crippen molar-refractivity contribution in [3.63, 3.8) is 0 Å². The molecule has 1 amide bonds. The summed E-state index contributed by atoms with van der Waals surface area (Å²) in [5.74, 6) is -0.660. The van der Waals surface area contributed by atoms with E-state index in [9.17, 15) is 9.59 Å². The van der Waals surface area contributed by atoms with E-state index in [2.05, 4.69) is 19.2 Å². The van der Waals surface area contributed by atoms with E-state index in [0.717, 1.165) is 5.56 Å². The smallest absolute Gasteiger partial charge is 0.331 e. The maximum Gasteiger partial charge on any atom is 0.331 e. The van der Waals surface area contributed by atoms with Gasteiger partial charge in [0, 0.05) is 6.08 Å². The predicted molar refractivity (Wildman–Crippen MR) is 106 cm³/mol. The zero-order valence-electron chi connectivity index (χ0n) is 14.5. The number of anilines is 1. The Balaban J connectivity index is 1.84. The SMILES string of the molecule is CC(C)c1ccc(C=CC(=O)OCC(=O)Nc2cccc(Cl)c2Cl)cc1. The lowest BCUT2D eigenvalue weighted by molar-refractivity contribution is -0.142. The van der Waals surface area contributed by atoms with Crippen molar-refractivity contribution in [2.75, 3.05) is 11.9 Å². The van der Waals surface area contributed by atoms with Gasteiger partial charge in [0.1, 0.15) is 0 Å². The monoisotopic (exact) mass is 391 g/mol. The number of benzene rings is 2. The van der Waals surface area contributed by atoms with Gasteiger partial charge in [-0.2, -0.15) is 0 Å². The highest BCUT2D eigenvalue weighted by molar-refractivity contribution is 6.44. The molecule has 1 N–H and O–H groups in total. The second-order valence-corrected chi connectivity index (χ2v) is 6.70. The summed E-state index contributed by atoms with van der Waals surface area (Å²) in [6, 6.07) is 12.7. The third kappa shape index (κ3) is 5.90. The van der Waals surface area contributed by atoms with Gasteiger partial charge in [0.2, 0.25) is 0 Å². The number of amides is 1. The molecule has 4 nitrogen and oxygen atoms in total. The van der Waals surface area contributed by atoms with Crippen LogP contribution in [0, 0.1) is 0 Å². The van der Waals surface area contributed by atoms with Gasteiger partial charge in [-0.15, -0.1) is 0 Å². The summed E-state index contributed by atoms with van der Waals surface area (Å²) in [5.41, 5.74) is 2.46. The number of esters is 1. The Hall–Kier alpha value is -2.30. The molecule has 2 aromatic carbocycles. The Morgan fingerprint density at radius 3 is 2.46 bits per heavy atom. The van der Waals surface area contributed by atoms with Crippen LogP contribution in [0.4, 0.5) is 5.69 Å². The summed E-state index contributed by atoms with van der Waals surface area (Å²) in [6.45, 7) is 3.81. The number of hydrogen-bond donors (Lipinski definition) is 1. The van der Waals surface area contributed by atoms with E-state index in [4.69, 9.17) is 27.9 Å². The molecule has 2 rings (SSSR count). The summed E-state index contributed by atoms with van der Waals surface area (Å²) >= 11 is 11.9. The second-order valence-electron chi connectivity index (χ2n) is 5.91. The molecule has 0 aliphatic rings. The number of rotatable bonds is 6. The maximum absolute atomic E-state index is 11.8. The lowest BCUT2D eigenvalue weighted by Crippen LogP contribution is -2.20. The molecular weight excluding hydrogens is 373 g/mol.